The van der Waals surface area contributed by atoms with Gasteiger partial charge >= 0.3 is 35.8 Å². The highest BCUT2D eigenvalue weighted by atomic mass is 19.4. The van der Waals surface area contributed by atoms with Gasteiger partial charge in [-0.25, -0.2) is 4.39 Å². The van der Waals surface area contributed by atoms with Crippen molar-refractivity contribution in [3.05, 3.63) is 0 Å². The molecule has 14 heteroatoms. The second-order valence-corrected chi connectivity index (χ2v) is 4.74. The number of halogens is 12. The first-order valence-corrected chi connectivity index (χ1v) is 5.68. The Labute approximate surface area is 125 Å². The Morgan fingerprint density at radius 2 is 1.17 bits per heavy atom. The van der Waals surface area contributed by atoms with Crippen LogP contribution in [0.2, 0.25) is 0 Å². The summed E-state index contributed by atoms with van der Waals surface area (Å²) in [7, 11) is 0. The van der Waals surface area contributed by atoms with Gasteiger partial charge in [-0.1, -0.05) is 0 Å². The van der Waals surface area contributed by atoms with E-state index in [0.717, 1.165) is 0 Å². The number of alkyl halides is 12. The topological polar surface area (TPSA) is 37.3 Å². The molecule has 2 unspecified atom stereocenters. The molecule has 1 N–H and O–H groups in total. The first kappa shape index (κ1) is 22.6. The molecule has 0 rings (SSSR count). The van der Waals surface area contributed by atoms with Crippen LogP contribution in [0, 0.1) is 5.92 Å². The maximum absolute atomic E-state index is 13.2. The number of carboxylic acids is 1. The molecule has 0 aromatic rings. The van der Waals surface area contributed by atoms with Gasteiger partial charge in [0.1, 0.15) is 5.92 Å². The average Bonchev–Trinajstić information content (AvgIpc) is 2.34. The van der Waals surface area contributed by atoms with Crippen LogP contribution in [0.4, 0.5) is 52.7 Å². The molecule has 0 heterocycles. The van der Waals surface area contributed by atoms with Gasteiger partial charge in [-0.2, -0.15) is 48.3 Å². The standard InChI is InChI=1S/C10H8F12O2/c1-3(5(23)24)7(15,16)9(19,20)10(21,22)8(17,18)4(11)2-6(12,13)14/h3-4H,2H2,1H3,(H,23,24). The van der Waals surface area contributed by atoms with Gasteiger partial charge in [0.15, 0.2) is 6.17 Å². The number of hydrogen-bond acceptors (Lipinski definition) is 1. The summed E-state index contributed by atoms with van der Waals surface area (Å²) >= 11 is 0. The van der Waals surface area contributed by atoms with E-state index in [4.69, 9.17) is 5.11 Å². The number of carboxylic acid groups (broad SMARTS) is 1. The average molecular weight is 388 g/mol. The maximum atomic E-state index is 13.2. The van der Waals surface area contributed by atoms with Crippen LogP contribution in [0.15, 0.2) is 0 Å². The van der Waals surface area contributed by atoms with E-state index in [-0.39, 0.29) is 6.92 Å². The Bertz CT molecular complexity index is 469. The molecule has 0 bridgehead atoms. The zero-order valence-electron chi connectivity index (χ0n) is 11.3. The third kappa shape index (κ3) is 3.66. The van der Waals surface area contributed by atoms with E-state index in [0.29, 0.717) is 0 Å². The van der Waals surface area contributed by atoms with Gasteiger partial charge in [-0.05, 0) is 6.92 Å². The molecule has 0 aliphatic rings. The predicted octanol–water partition coefficient (Wildman–Crippen LogP) is 4.54. The van der Waals surface area contributed by atoms with Crippen LogP contribution in [-0.4, -0.2) is 47.1 Å². The summed E-state index contributed by atoms with van der Waals surface area (Å²) in [6.45, 7) is -0.229. The normalized spacial score (nSPS) is 17.5. The van der Waals surface area contributed by atoms with Crippen molar-refractivity contribution in [3.63, 3.8) is 0 Å². The molecule has 24 heavy (non-hydrogen) atoms. The fourth-order valence-electron chi connectivity index (χ4n) is 1.37. The van der Waals surface area contributed by atoms with Crippen molar-refractivity contribution in [1.29, 1.82) is 0 Å². The molecule has 0 aromatic heterocycles. The first-order valence-electron chi connectivity index (χ1n) is 5.68. The summed E-state index contributed by atoms with van der Waals surface area (Å²) in [5.74, 6) is -34.1. The highest BCUT2D eigenvalue weighted by Crippen LogP contribution is 2.56. The van der Waals surface area contributed by atoms with E-state index in [9.17, 15) is 57.5 Å². The van der Waals surface area contributed by atoms with Gasteiger partial charge in [0.2, 0.25) is 0 Å². The highest BCUT2D eigenvalue weighted by molar-refractivity contribution is 5.71. The Kier molecular flexibility index (Phi) is 5.82. The van der Waals surface area contributed by atoms with E-state index in [1.54, 1.807) is 0 Å². The Morgan fingerprint density at radius 3 is 1.46 bits per heavy atom. The van der Waals surface area contributed by atoms with Crippen LogP contribution in [0.1, 0.15) is 13.3 Å². The number of aliphatic carboxylic acids is 1. The van der Waals surface area contributed by atoms with Crippen molar-refractivity contribution in [1.82, 2.24) is 0 Å². The van der Waals surface area contributed by atoms with Crippen LogP contribution in [0.25, 0.3) is 0 Å². The van der Waals surface area contributed by atoms with Gasteiger partial charge in [-0.3, -0.25) is 4.79 Å². The van der Waals surface area contributed by atoms with Gasteiger partial charge in [0.05, 0.1) is 6.42 Å². The van der Waals surface area contributed by atoms with Gasteiger partial charge < -0.3 is 5.11 Å². The molecular formula is C10H8F12O2. The molecule has 0 saturated heterocycles. The third-order valence-corrected chi connectivity index (χ3v) is 2.95. The van der Waals surface area contributed by atoms with Crippen molar-refractivity contribution in [2.24, 2.45) is 5.92 Å². The lowest BCUT2D eigenvalue weighted by Gasteiger charge is -2.39. The van der Waals surface area contributed by atoms with Crippen molar-refractivity contribution < 1.29 is 62.6 Å². The van der Waals surface area contributed by atoms with Gasteiger partial charge in [-0.15, -0.1) is 0 Å². The summed E-state index contributed by atoms with van der Waals surface area (Å²) in [5, 5.41) is 8.14. The quantitative estimate of drug-likeness (QED) is 0.651. The molecule has 0 fully saturated rings. The molecule has 0 aliphatic carbocycles. The molecule has 144 valence electrons. The molecule has 0 aromatic carbocycles. The van der Waals surface area contributed by atoms with Crippen LogP contribution < -0.4 is 0 Å². The number of rotatable bonds is 7. The summed E-state index contributed by atoms with van der Waals surface area (Å²) in [6, 6.07) is 0. The Morgan fingerprint density at radius 1 is 0.833 bits per heavy atom. The predicted molar refractivity (Wildman–Crippen MR) is 52.2 cm³/mol. The molecule has 2 nitrogen and oxygen atoms in total. The summed E-state index contributed by atoms with van der Waals surface area (Å²) in [5.41, 5.74) is 0. The van der Waals surface area contributed by atoms with E-state index in [1.165, 1.54) is 0 Å². The highest BCUT2D eigenvalue weighted by Gasteiger charge is 2.83. The van der Waals surface area contributed by atoms with Crippen LogP contribution in [0.3, 0.4) is 0 Å². The molecule has 0 amide bonds. The largest absolute Gasteiger partial charge is 0.481 e. The van der Waals surface area contributed by atoms with E-state index < -0.39 is 54.3 Å². The Hall–Kier alpha value is -1.37. The van der Waals surface area contributed by atoms with Crippen LogP contribution in [0.5, 0.6) is 0 Å². The van der Waals surface area contributed by atoms with Gasteiger partial charge in [0.25, 0.3) is 0 Å². The molecule has 0 aliphatic heterocycles. The van der Waals surface area contributed by atoms with Gasteiger partial charge in [0, 0.05) is 0 Å². The smallest absolute Gasteiger partial charge is 0.392 e. The minimum absolute atomic E-state index is 0.229. The van der Waals surface area contributed by atoms with Crippen molar-refractivity contribution in [2.75, 3.05) is 0 Å². The second-order valence-electron chi connectivity index (χ2n) is 4.74. The summed E-state index contributed by atoms with van der Waals surface area (Å²) in [6.07, 6.45) is -14.1. The Balaban J connectivity index is 5.96. The van der Waals surface area contributed by atoms with E-state index >= 15 is 0 Å². The van der Waals surface area contributed by atoms with E-state index in [2.05, 4.69) is 0 Å². The minimum Gasteiger partial charge on any atom is -0.481 e. The lowest BCUT2D eigenvalue weighted by atomic mass is 9.88. The third-order valence-electron chi connectivity index (χ3n) is 2.95. The van der Waals surface area contributed by atoms with Crippen molar-refractivity contribution in [2.45, 2.75) is 49.4 Å². The monoisotopic (exact) mass is 388 g/mol. The van der Waals surface area contributed by atoms with Crippen molar-refractivity contribution in [3.8, 4) is 0 Å². The molecule has 0 radical (unpaired) electrons. The molecule has 2 atom stereocenters. The fraction of sp³-hybridized carbons (Fsp3) is 0.900. The summed E-state index contributed by atoms with van der Waals surface area (Å²) < 4.78 is 153. The lowest BCUT2D eigenvalue weighted by Crippen LogP contribution is -2.67. The first-order chi connectivity index (χ1) is 10.2. The van der Waals surface area contributed by atoms with E-state index in [1.807, 2.05) is 0 Å². The van der Waals surface area contributed by atoms with Crippen LogP contribution in [-0.2, 0) is 4.79 Å². The minimum atomic E-state index is -7.32. The zero-order valence-corrected chi connectivity index (χ0v) is 11.3. The molecular weight excluding hydrogens is 380 g/mol. The number of carbonyl (C=O) groups is 1. The molecule has 0 spiro atoms. The summed E-state index contributed by atoms with van der Waals surface area (Å²) in [4.78, 5) is 10.2. The number of hydrogen-bond donors (Lipinski definition) is 1. The molecule has 0 saturated carbocycles. The fourth-order valence-corrected chi connectivity index (χ4v) is 1.37. The van der Waals surface area contributed by atoms with Crippen molar-refractivity contribution >= 4 is 5.97 Å². The SMILES string of the molecule is CC(C(=O)O)C(F)(F)C(F)(F)C(F)(F)C(F)(F)C(F)CC(F)(F)F. The second kappa shape index (κ2) is 6.17. The maximum Gasteiger partial charge on any atom is 0.392 e. The van der Waals surface area contributed by atoms with Crippen LogP contribution >= 0.6 is 0 Å². The lowest BCUT2D eigenvalue weighted by molar-refractivity contribution is -0.384. The zero-order chi connectivity index (χ0) is 19.9.